The van der Waals surface area contributed by atoms with Gasteiger partial charge in [-0.3, -0.25) is 4.68 Å². The Labute approximate surface area is 98.2 Å². The van der Waals surface area contributed by atoms with Gasteiger partial charge < -0.3 is 5.32 Å². The summed E-state index contributed by atoms with van der Waals surface area (Å²) in [5.41, 5.74) is 1.17. The molecular formula is C13H23N3. The van der Waals surface area contributed by atoms with Gasteiger partial charge in [0.05, 0.1) is 11.7 Å². The van der Waals surface area contributed by atoms with E-state index >= 15 is 0 Å². The third kappa shape index (κ3) is 2.64. The van der Waals surface area contributed by atoms with E-state index in [0.717, 1.165) is 31.3 Å². The fraction of sp³-hybridized carbons (Fsp3) is 0.769. The zero-order valence-corrected chi connectivity index (χ0v) is 10.6. The van der Waals surface area contributed by atoms with Gasteiger partial charge in [0.15, 0.2) is 0 Å². The second-order valence-corrected chi connectivity index (χ2v) is 4.96. The average Bonchev–Trinajstić information content (AvgIpc) is 2.79. The van der Waals surface area contributed by atoms with Crippen molar-refractivity contribution < 1.29 is 0 Å². The number of rotatable bonds is 6. The van der Waals surface area contributed by atoms with E-state index in [2.05, 4.69) is 48.1 Å². The standard InChI is InChI=1S/C13H23N3/c1-4-12(5-2)16-7-6-11(15-16)9-14-13-8-10(13)3/h6-7,10,12-14H,4-5,8-9H2,1-3H3. The van der Waals surface area contributed by atoms with Crippen LogP contribution in [0.4, 0.5) is 0 Å². The Morgan fingerprint density at radius 1 is 1.50 bits per heavy atom. The molecule has 2 rings (SSSR count). The molecule has 0 amide bonds. The number of nitrogens with one attached hydrogen (secondary N) is 1. The first-order valence-electron chi connectivity index (χ1n) is 6.52. The largest absolute Gasteiger partial charge is 0.308 e. The predicted molar refractivity (Wildman–Crippen MR) is 66.3 cm³/mol. The van der Waals surface area contributed by atoms with E-state index < -0.39 is 0 Å². The molecule has 1 fully saturated rings. The van der Waals surface area contributed by atoms with Gasteiger partial charge in [0.2, 0.25) is 0 Å². The predicted octanol–water partition coefficient (Wildman–Crippen LogP) is 2.74. The smallest absolute Gasteiger partial charge is 0.0762 e. The highest BCUT2D eigenvalue weighted by Crippen LogP contribution is 2.29. The molecule has 0 aliphatic heterocycles. The lowest BCUT2D eigenvalue weighted by Gasteiger charge is -2.12. The maximum Gasteiger partial charge on any atom is 0.0762 e. The molecule has 0 saturated heterocycles. The second kappa shape index (κ2) is 5.00. The molecule has 2 atom stereocenters. The summed E-state index contributed by atoms with van der Waals surface area (Å²) in [6, 6.07) is 3.44. The first kappa shape index (κ1) is 11.6. The Morgan fingerprint density at radius 2 is 2.19 bits per heavy atom. The molecule has 1 heterocycles. The van der Waals surface area contributed by atoms with Crippen LogP contribution in [0.2, 0.25) is 0 Å². The van der Waals surface area contributed by atoms with Gasteiger partial charge in [0.25, 0.3) is 0 Å². The Balaban J connectivity index is 1.86. The van der Waals surface area contributed by atoms with Gasteiger partial charge in [-0.05, 0) is 31.2 Å². The van der Waals surface area contributed by atoms with Crippen LogP contribution < -0.4 is 5.32 Å². The summed E-state index contributed by atoms with van der Waals surface area (Å²) in [6.45, 7) is 7.65. The summed E-state index contributed by atoms with van der Waals surface area (Å²) < 4.78 is 2.12. The fourth-order valence-electron chi connectivity index (χ4n) is 2.18. The summed E-state index contributed by atoms with van der Waals surface area (Å²) in [5, 5.41) is 8.17. The lowest BCUT2D eigenvalue weighted by Crippen LogP contribution is -2.18. The van der Waals surface area contributed by atoms with E-state index in [1.54, 1.807) is 0 Å². The molecule has 1 aromatic rings. The minimum Gasteiger partial charge on any atom is -0.308 e. The quantitative estimate of drug-likeness (QED) is 0.800. The highest BCUT2D eigenvalue weighted by atomic mass is 15.3. The molecule has 0 radical (unpaired) electrons. The van der Waals surface area contributed by atoms with Crippen LogP contribution in [0.1, 0.15) is 51.8 Å². The fourth-order valence-corrected chi connectivity index (χ4v) is 2.18. The van der Waals surface area contributed by atoms with Crippen molar-refractivity contribution in [1.82, 2.24) is 15.1 Å². The van der Waals surface area contributed by atoms with Crippen LogP contribution in [0.3, 0.4) is 0 Å². The Morgan fingerprint density at radius 3 is 2.75 bits per heavy atom. The van der Waals surface area contributed by atoms with Crippen LogP contribution in [0, 0.1) is 5.92 Å². The Kier molecular flexibility index (Phi) is 3.64. The van der Waals surface area contributed by atoms with E-state index in [9.17, 15) is 0 Å². The molecule has 3 heteroatoms. The normalized spacial score (nSPS) is 24.0. The first-order chi connectivity index (χ1) is 7.74. The van der Waals surface area contributed by atoms with Crippen molar-refractivity contribution in [2.24, 2.45) is 5.92 Å². The minimum absolute atomic E-state index is 0.564. The van der Waals surface area contributed by atoms with Crippen LogP contribution >= 0.6 is 0 Å². The number of aromatic nitrogens is 2. The lowest BCUT2D eigenvalue weighted by molar-refractivity contribution is 0.424. The average molecular weight is 221 g/mol. The van der Waals surface area contributed by atoms with Crippen molar-refractivity contribution in [2.75, 3.05) is 0 Å². The number of hydrogen-bond acceptors (Lipinski definition) is 2. The first-order valence-corrected chi connectivity index (χ1v) is 6.52. The summed E-state index contributed by atoms with van der Waals surface area (Å²) in [5.74, 6) is 0.862. The van der Waals surface area contributed by atoms with Crippen molar-refractivity contribution in [3.63, 3.8) is 0 Å². The Hall–Kier alpha value is -0.830. The van der Waals surface area contributed by atoms with E-state index in [-0.39, 0.29) is 0 Å². The molecule has 1 aromatic heterocycles. The summed E-state index contributed by atoms with van der Waals surface area (Å²) >= 11 is 0. The van der Waals surface area contributed by atoms with Gasteiger partial charge in [0, 0.05) is 18.8 Å². The van der Waals surface area contributed by atoms with Crippen LogP contribution in [0.25, 0.3) is 0 Å². The molecule has 0 bridgehead atoms. The molecular weight excluding hydrogens is 198 g/mol. The van der Waals surface area contributed by atoms with Gasteiger partial charge in [0.1, 0.15) is 0 Å². The Bertz CT molecular complexity index is 328. The molecule has 2 unspecified atom stereocenters. The zero-order valence-electron chi connectivity index (χ0n) is 10.6. The summed E-state index contributed by atoms with van der Waals surface area (Å²) in [4.78, 5) is 0. The SMILES string of the molecule is CCC(CC)n1ccc(CNC2CC2C)n1. The van der Waals surface area contributed by atoms with E-state index in [4.69, 9.17) is 0 Å². The molecule has 1 saturated carbocycles. The molecule has 1 aliphatic rings. The molecule has 3 nitrogen and oxygen atoms in total. The summed E-state index contributed by atoms with van der Waals surface area (Å²) in [7, 11) is 0. The molecule has 1 aliphatic carbocycles. The van der Waals surface area contributed by atoms with Crippen molar-refractivity contribution in [1.29, 1.82) is 0 Å². The highest BCUT2D eigenvalue weighted by Gasteiger charge is 2.31. The second-order valence-electron chi connectivity index (χ2n) is 4.96. The molecule has 90 valence electrons. The topological polar surface area (TPSA) is 29.9 Å². The van der Waals surface area contributed by atoms with Gasteiger partial charge in [-0.25, -0.2) is 0 Å². The minimum atomic E-state index is 0.564. The molecule has 16 heavy (non-hydrogen) atoms. The molecule has 0 aromatic carbocycles. The van der Waals surface area contributed by atoms with Gasteiger partial charge >= 0.3 is 0 Å². The van der Waals surface area contributed by atoms with E-state index in [1.165, 1.54) is 12.1 Å². The van der Waals surface area contributed by atoms with E-state index in [1.807, 2.05) is 0 Å². The lowest BCUT2D eigenvalue weighted by atomic mass is 10.2. The van der Waals surface area contributed by atoms with Crippen LogP contribution in [0.15, 0.2) is 12.3 Å². The number of hydrogen-bond donors (Lipinski definition) is 1. The zero-order chi connectivity index (χ0) is 11.5. The van der Waals surface area contributed by atoms with Crippen LogP contribution in [-0.4, -0.2) is 15.8 Å². The van der Waals surface area contributed by atoms with E-state index in [0.29, 0.717) is 6.04 Å². The maximum absolute atomic E-state index is 4.63. The van der Waals surface area contributed by atoms with Gasteiger partial charge in [-0.15, -0.1) is 0 Å². The third-order valence-electron chi connectivity index (χ3n) is 3.64. The van der Waals surface area contributed by atoms with Crippen molar-refractivity contribution in [3.05, 3.63) is 18.0 Å². The summed E-state index contributed by atoms with van der Waals surface area (Å²) in [6.07, 6.45) is 5.76. The van der Waals surface area contributed by atoms with Crippen molar-refractivity contribution in [3.8, 4) is 0 Å². The third-order valence-corrected chi connectivity index (χ3v) is 3.64. The molecule has 1 N–H and O–H groups in total. The van der Waals surface area contributed by atoms with Gasteiger partial charge in [-0.1, -0.05) is 20.8 Å². The van der Waals surface area contributed by atoms with Crippen LogP contribution in [-0.2, 0) is 6.54 Å². The van der Waals surface area contributed by atoms with Crippen molar-refractivity contribution in [2.45, 2.75) is 58.7 Å². The van der Waals surface area contributed by atoms with Gasteiger partial charge in [-0.2, -0.15) is 5.10 Å². The van der Waals surface area contributed by atoms with Crippen molar-refractivity contribution >= 4 is 0 Å². The maximum atomic E-state index is 4.63. The highest BCUT2D eigenvalue weighted by molar-refractivity contribution is 5.01. The van der Waals surface area contributed by atoms with Crippen LogP contribution in [0.5, 0.6) is 0 Å². The number of nitrogens with zero attached hydrogens (tertiary/aromatic N) is 2. The monoisotopic (exact) mass is 221 g/mol. The molecule has 0 spiro atoms.